The fraction of sp³-hybridized carbons (Fsp3) is 0.704. The number of unbranched alkanes of at least 4 members (excludes halogenated alkanes) is 5. The summed E-state index contributed by atoms with van der Waals surface area (Å²) in [6, 6.07) is 9.76. The predicted molar refractivity (Wildman–Crippen MR) is 138 cm³/mol. The van der Waals surface area contributed by atoms with Crippen LogP contribution in [-0.4, -0.2) is 49.9 Å². The van der Waals surface area contributed by atoms with Gasteiger partial charge in [-0.1, -0.05) is 62.9 Å². The average molecular weight is 478 g/mol. The molecule has 0 unspecified atom stereocenters. The van der Waals surface area contributed by atoms with E-state index in [0.29, 0.717) is 32.7 Å². The van der Waals surface area contributed by atoms with Crippen LogP contribution in [0.3, 0.4) is 0 Å². The third kappa shape index (κ3) is 16.5. The standard InChI is InChI=1S/C27H47N3O4/c1-5-6-7-8-14-20-33-21-19-28-25(31)24(30-22-23-15-10-9-11-16-23)17-12-13-18-29-26(32)34-27(2,3)4/h9-11,15-16,24,30H,5-8,12-14,17-22H2,1-4H3,(H,28,31)(H,29,32)/t24-/m0/s1. The van der Waals surface area contributed by atoms with Crippen LogP contribution in [0.25, 0.3) is 0 Å². The van der Waals surface area contributed by atoms with Crippen molar-refractivity contribution in [2.45, 2.75) is 97.2 Å². The molecular weight excluding hydrogens is 430 g/mol. The summed E-state index contributed by atoms with van der Waals surface area (Å²) in [5.74, 6) is -0.0115. The van der Waals surface area contributed by atoms with Gasteiger partial charge in [0.05, 0.1) is 12.6 Å². The molecule has 0 fully saturated rings. The highest BCUT2D eigenvalue weighted by Gasteiger charge is 2.18. The van der Waals surface area contributed by atoms with Gasteiger partial charge in [-0.3, -0.25) is 4.79 Å². The highest BCUT2D eigenvalue weighted by atomic mass is 16.6. The smallest absolute Gasteiger partial charge is 0.407 e. The molecular formula is C27H47N3O4. The fourth-order valence-corrected chi connectivity index (χ4v) is 3.42. The van der Waals surface area contributed by atoms with E-state index in [2.05, 4.69) is 22.9 Å². The van der Waals surface area contributed by atoms with Crippen molar-refractivity contribution >= 4 is 12.0 Å². The highest BCUT2D eigenvalue weighted by molar-refractivity contribution is 5.81. The molecule has 0 aliphatic heterocycles. The number of benzene rings is 1. The summed E-state index contributed by atoms with van der Waals surface area (Å²) >= 11 is 0. The number of hydrogen-bond acceptors (Lipinski definition) is 5. The maximum Gasteiger partial charge on any atom is 0.407 e. The maximum atomic E-state index is 12.8. The van der Waals surface area contributed by atoms with Crippen molar-refractivity contribution in [1.82, 2.24) is 16.0 Å². The molecule has 1 aromatic carbocycles. The second kappa shape index (κ2) is 18.2. The molecule has 0 aliphatic carbocycles. The lowest BCUT2D eigenvalue weighted by molar-refractivity contribution is -0.123. The Bertz CT molecular complexity index is 662. The van der Waals surface area contributed by atoms with Gasteiger partial charge in [0.15, 0.2) is 0 Å². The molecule has 0 radical (unpaired) electrons. The molecule has 0 spiro atoms. The fourth-order valence-electron chi connectivity index (χ4n) is 3.42. The highest BCUT2D eigenvalue weighted by Crippen LogP contribution is 2.07. The van der Waals surface area contributed by atoms with E-state index >= 15 is 0 Å². The van der Waals surface area contributed by atoms with Crippen LogP contribution in [0.15, 0.2) is 30.3 Å². The van der Waals surface area contributed by atoms with Crippen LogP contribution < -0.4 is 16.0 Å². The van der Waals surface area contributed by atoms with Crippen LogP contribution in [-0.2, 0) is 20.8 Å². The van der Waals surface area contributed by atoms with Gasteiger partial charge in [-0.05, 0) is 52.0 Å². The van der Waals surface area contributed by atoms with E-state index in [1.807, 2.05) is 51.1 Å². The van der Waals surface area contributed by atoms with Crippen molar-refractivity contribution in [1.29, 1.82) is 0 Å². The second-order valence-corrected chi connectivity index (χ2v) is 9.66. The van der Waals surface area contributed by atoms with Gasteiger partial charge < -0.3 is 25.4 Å². The van der Waals surface area contributed by atoms with Gasteiger partial charge in [0.1, 0.15) is 5.60 Å². The molecule has 0 saturated heterocycles. The Morgan fingerprint density at radius 3 is 2.32 bits per heavy atom. The lowest BCUT2D eigenvalue weighted by Crippen LogP contribution is -2.45. The summed E-state index contributed by atoms with van der Waals surface area (Å²) in [7, 11) is 0. The Hall–Kier alpha value is -2.12. The molecule has 0 heterocycles. The van der Waals surface area contributed by atoms with E-state index in [-0.39, 0.29) is 11.9 Å². The zero-order valence-electron chi connectivity index (χ0n) is 21.8. The third-order valence-electron chi connectivity index (χ3n) is 5.24. The minimum absolute atomic E-state index is 0.0115. The number of rotatable bonds is 18. The van der Waals surface area contributed by atoms with Gasteiger partial charge in [-0.15, -0.1) is 0 Å². The molecule has 1 atom stereocenters. The molecule has 0 aromatic heterocycles. The molecule has 0 aliphatic rings. The van der Waals surface area contributed by atoms with Gasteiger partial charge in [-0.2, -0.15) is 0 Å². The topological polar surface area (TPSA) is 88.7 Å². The minimum Gasteiger partial charge on any atom is -0.444 e. The van der Waals surface area contributed by atoms with Crippen LogP contribution >= 0.6 is 0 Å². The zero-order chi connectivity index (χ0) is 25.1. The number of nitrogens with one attached hydrogen (secondary N) is 3. The molecule has 34 heavy (non-hydrogen) atoms. The first-order chi connectivity index (χ1) is 16.3. The van der Waals surface area contributed by atoms with Gasteiger partial charge in [-0.25, -0.2) is 4.79 Å². The van der Waals surface area contributed by atoms with E-state index in [0.717, 1.165) is 31.4 Å². The third-order valence-corrected chi connectivity index (χ3v) is 5.24. The van der Waals surface area contributed by atoms with Crippen LogP contribution in [0.1, 0.15) is 84.6 Å². The van der Waals surface area contributed by atoms with Gasteiger partial charge in [0, 0.05) is 26.2 Å². The number of hydrogen-bond donors (Lipinski definition) is 3. The molecule has 2 amide bonds. The van der Waals surface area contributed by atoms with E-state index < -0.39 is 11.7 Å². The zero-order valence-corrected chi connectivity index (χ0v) is 21.8. The molecule has 0 saturated carbocycles. The first kappa shape index (κ1) is 29.9. The lowest BCUT2D eigenvalue weighted by Gasteiger charge is -2.20. The quantitative estimate of drug-likeness (QED) is 0.261. The van der Waals surface area contributed by atoms with Crippen molar-refractivity contribution in [3.8, 4) is 0 Å². The summed E-state index contributed by atoms with van der Waals surface area (Å²) in [6.45, 7) is 10.7. The first-order valence-corrected chi connectivity index (χ1v) is 12.9. The summed E-state index contributed by atoms with van der Waals surface area (Å²) in [4.78, 5) is 24.5. The summed E-state index contributed by atoms with van der Waals surface area (Å²) < 4.78 is 10.9. The Labute approximate surface area is 206 Å². The van der Waals surface area contributed by atoms with Crippen LogP contribution in [0, 0.1) is 0 Å². The van der Waals surface area contributed by atoms with Crippen molar-refractivity contribution in [3.05, 3.63) is 35.9 Å². The number of amides is 2. The van der Waals surface area contributed by atoms with Crippen LogP contribution in [0.2, 0.25) is 0 Å². The Morgan fingerprint density at radius 2 is 1.62 bits per heavy atom. The molecule has 3 N–H and O–H groups in total. The summed E-state index contributed by atoms with van der Waals surface area (Å²) in [6.07, 6.45) is 7.93. The normalized spacial score (nSPS) is 12.2. The van der Waals surface area contributed by atoms with Crippen LogP contribution in [0.4, 0.5) is 4.79 Å². The van der Waals surface area contributed by atoms with Gasteiger partial charge >= 0.3 is 6.09 Å². The minimum atomic E-state index is -0.507. The second-order valence-electron chi connectivity index (χ2n) is 9.66. The summed E-state index contributed by atoms with van der Waals surface area (Å²) in [5, 5.41) is 9.15. The summed E-state index contributed by atoms with van der Waals surface area (Å²) in [5.41, 5.74) is 0.631. The molecule has 1 aromatic rings. The molecule has 194 valence electrons. The Morgan fingerprint density at radius 1 is 0.882 bits per heavy atom. The molecule has 7 nitrogen and oxygen atoms in total. The first-order valence-electron chi connectivity index (χ1n) is 12.9. The largest absolute Gasteiger partial charge is 0.444 e. The SMILES string of the molecule is CCCCCCCOCCNC(=O)[C@H](CCCCNC(=O)OC(C)(C)C)NCc1ccccc1. The number of carbonyl (C=O) groups is 2. The Kier molecular flexibility index (Phi) is 16.0. The molecule has 7 heteroatoms. The van der Waals surface area contributed by atoms with Gasteiger partial charge in [0.25, 0.3) is 0 Å². The molecule has 1 rings (SSSR count). The number of alkyl carbamates (subject to hydrolysis) is 1. The predicted octanol–water partition coefficient (Wildman–Crippen LogP) is 4.94. The van der Waals surface area contributed by atoms with Crippen molar-refractivity contribution in [2.75, 3.05) is 26.3 Å². The van der Waals surface area contributed by atoms with Crippen LogP contribution in [0.5, 0.6) is 0 Å². The maximum absolute atomic E-state index is 12.8. The average Bonchev–Trinajstić information content (AvgIpc) is 2.79. The van der Waals surface area contributed by atoms with E-state index in [9.17, 15) is 9.59 Å². The van der Waals surface area contributed by atoms with E-state index in [1.165, 1.54) is 25.7 Å². The van der Waals surface area contributed by atoms with Crippen molar-refractivity contribution < 1.29 is 19.1 Å². The number of ether oxygens (including phenoxy) is 2. The van der Waals surface area contributed by atoms with Gasteiger partial charge in [0.2, 0.25) is 5.91 Å². The van der Waals surface area contributed by atoms with E-state index in [1.54, 1.807) is 0 Å². The van der Waals surface area contributed by atoms with E-state index in [4.69, 9.17) is 9.47 Å². The Balaban J connectivity index is 2.33. The van der Waals surface area contributed by atoms with Crippen molar-refractivity contribution in [2.24, 2.45) is 0 Å². The van der Waals surface area contributed by atoms with Crippen molar-refractivity contribution in [3.63, 3.8) is 0 Å². The lowest BCUT2D eigenvalue weighted by atomic mass is 10.1. The molecule has 0 bridgehead atoms. The monoisotopic (exact) mass is 477 g/mol. The number of carbonyl (C=O) groups excluding carboxylic acids is 2.